The fourth-order valence-corrected chi connectivity index (χ4v) is 5.71. The van der Waals surface area contributed by atoms with Crippen molar-refractivity contribution in [2.75, 3.05) is 159 Å². The fourth-order valence-electron chi connectivity index (χ4n) is 5.71. The Morgan fingerprint density at radius 2 is 0.735 bits per heavy atom. The first-order valence-corrected chi connectivity index (χ1v) is 17.2. The number of carbonyl (C=O) groups is 4. The smallest absolute Gasteiger partial charge is 0.317 e. The van der Waals surface area contributed by atoms with Crippen molar-refractivity contribution < 1.29 is 56.3 Å². The first-order chi connectivity index (χ1) is 22.9. The number of ether oxygens (including phenoxy) is 1. The van der Waals surface area contributed by atoms with E-state index in [0.29, 0.717) is 13.2 Å². The van der Waals surface area contributed by atoms with E-state index in [0.717, 1.165) is 130 Å². The summed E-state index contributed by atoms with van der Waals surface area (Å²) in [7, 11) is 8.19. The predicted octanol–water partition coefficient (Wildman–Crippen LogP) is -1.12. The molecular formula is C32H64CuN8O8. The Kier molecular flexibility index (Phi) is 27.6. The molecule has 2 rings (SSSR count). The maximum atomic E-state index is 11.0. The molecule has 0 aromatic carbocycles. The van der Waals surface area contributed by atoms with Crippen LogP contribution < -0.4 is 0 Å². The molecule has 0 atom stereocenters. The molecule has 0 unspecified atom stereocenters. The van der Waals surface area contributed by atoms with Gasteiger partial charge in [-0.2, -0.15) is 0 Å². The number of rotatable bonds is 9. The zero-order chi connectivity index (χ0) is 35.7. The summed E-state index contributed by atoms with van der Waals surface area (Å²) in [6.45, 7) is 14.5. The zero-order valence-corrected chi connectivity index (χ0v) is 31.3. The van der Waals surface area contributed by atoms with Gasteiger partial charge in [0.2, 0.25) is 0 Å². The monoisotopic (exact) mass is 751 g/mol. The average molecular weight is 752 g/mol. The van der Waals surface area contributed by atoms with Crippen LogP contribution in [0.25, 0.3) is 0 Å². The minimum absolute atomic E-state index is 0. The Morgan fingerprint density at radius 3 is 1.00 bits per heavy atom. The number of carboxylic acid groups (broad SMARTS) is 3. The van der Waals surface area contributed by atoms with Gasteiger partial charge in [-0.05, 0) is 80.1 Å². The third kappa shape index (κ3) is 26.5. The second-order valence-electron chi connectivity index (χ2n) is 13.1. The molecule has 0 aromatic rings. The fraction of sp³-hybridized carbons (Fsp3) is 0.875. The minimum atomic E-state index is -0.781. The Hall–Kier alpha value is -1.92. The van der Waals surface area contributed by atoms with E-state index in [4.69, 9.17) is 20.1 Å². The van der Waals surface area contributed by atoms with Gasteiger partial charge in [-0.25, -0.2) is 0 Å². The van der Waals surface area contributed by atoms with E-state index < -0.39 is 17.9 Å². The van der Waals surface area contributed by atoms with E-state index in [9.17, 15) is 19.2 Å². The van der Waals surface area contributed by atoms with E-state index in [1.807, 2.05) is 28.8 Å². The summed E-state index contributed by atoms with van der Waals surface area (Å²) in [5.41, 5.74) is 0. The molecule has 2 heterocycles. The van der Waals surface area contributed by atoms with Crippen molar-refractivity contribution in [1.29, 1.82) is 0 Å². The quantitative estimate of drug-likeness (QED) is 0.192. The summed E-state index contributed by atoms with van der Waals surface area (Å²) in [5, 5.41) is 27.1. The molecule has 0 spiro atoms. The van der Waals surface area contributed by atoms with Crippen LogP contribution in [0.4, 0.5) is 0 Å². The van der Waals surface area contributed by atoms with E-state index in [1.54, 1.807) is 0 Å². The van der Waals surface area contributed by atoms with Gasteiger partial charge in [-0.3, -0.25) is 38.8 Å². The van der Waals surface area contributed by atoms with E-state index in [-0.39, 0.29) is 36.7 Å². The topological polar surface area (TPSA) is 164 Å². The van der Waals surface area contributed by atoms with Gasteiger partial charge in [0.15, 0.2) is 0 Å². The Labute approximate surface area is 304 Å². The largest absolute Gasteiger partial charge is 0.480 e. The van der Waals surface area contributed by atoms with Gasteiger partial charge in [0.25, 0.3) is 6.47 Å². The van der Waals surface area contributed by atoms with Crippen LogP contribution in [0.3, 0.4) is 0 Å². The molecule has 17 heteroatoms. The number of carbonyl (C=O) groups excluding carboxylic acids is 1. The van der Waals surface area contributed by atoms with Crippen molar-refractivity contribution in [3.8, 4) is 0 Å². The second kappa shape index (κ2) is 28.7. The van der Waals surface area contributed by atoms with Gasteiger partial charge in [0, 0.05) is 95.6 Å². The van der Waals surface area contributed by atoms with Crippen LogP contribution in [0.5, 0.6) is 0 Å². The molecule has 2 aliphatic rings. The summed E-state index contributed by atoms with van der Waals surface area (Å²) in [6, 6.07) is 0. The van der Waals surface area contributed by atoms with Crippen LogP contribution in [-0.4, -0.2) is 238 Å². The van der Waals surface area contributed by atoms with Crippen molar-refractivity contribution in [3.63, 3.8) is 0 Å². The normalized spacial score (nSPS) is 21.6. The van der Waals surface area contributed by atoms with Crippen LogP contribution in [0.1, 0.15) is 25.7 Å². The van der Waals surface area contributed by atoms with Crippen LogP contribution in [-0.2, 0) is 41.0 Å². The molecule has 1 radical (unpaired) electrons. The number of likely N-dealkylation sites (N-methyl/N-ethyl adjacent to an activating group) is 4. The summed E-state index contributed by atoms with van der Waals surface area (Å²) in [5.74, 6) is -2.33. The maximum Gasteiger partial charge on any atom is 0.317 e. The van der Waals surface area contributed by atoms with Crippen molar-refractivity contribution in [1.82, 2.24) is 39.2 Å². The predicted molar refractivity (Wildman–Crippen MR) is 184 cm³/mol. The Morgan fingerprint density at radius 1 is 0.469 bits per heavy atom. The molecule has 291 valence electrons. The summed E-state index contributed by atoms with van der Waals surface area (Å²) >= 11 is 0. The van der Waals surface area contributed by atoms with Gasteiger partial charge < -0.3 is 39.7 Å². The number of hydrogen-bond acceptors (Lipinski definition) is 13. The minimum Gasteiger partial charge on any atom is -0.480 e. The van der Waals surface area contributed by atoms with Gasteiger partial charge >= 0.3 is 17.9 Å². The third-order valence-electron chi connectivity index (χ3n) is 8.65. The first-order valence-electron chi connectivity index (χ1n) is 17.2. The summed E-state index contributed by atoms with van der Waals surface area (Å²) in [6.07, 6.45) is 3.75. The SMILES string of the molecule is CN1CCCN(CC(=O)O)CCN(C)CCCN(CC(=O)O)CC1.CN1CCCN(CC(=O)O)CCN(C)CCCN(COC=O)CC1.[Cu]. The molecule has 0 amide bonds. The molecule has 0 saturated carbocycles. The second-order valence-corrected chi connectivity index (χ2v) is 13.1. The van der Waals surface area contributed by atoms with Gasteiger partial charge in [-0.15, -0.1) is 0 Å². The van der Waals surface area contributed by atoms with Crippen LogP contribution >= 0.6 is 0 Å². The first kappa shape index (κ1) is 47.1. The molecule has 0 bridgehead atoms. The molecule has 2 aliphatic heterocycles. The van der Waals surface area contributed by atoms with E-state index in [2.05, 4.69) is 38.6 Å². The van der Waals surface area contributed by atoms with E-state index in [1.165, 1.54) is 0 Å². The van der Waals surface area contributed by atoms with Crippen molar-refractivity contribution in [3.05, 3.63) is 0 Å². The number of aliphatic carboxylic acids is 3. The number of hydrogen-bond donors (Lipinski definition) is 3. The molecule has 0 aliphatic carbocycles. The van der Waals surface area contributed by atoms with Gasteiger partial charge in [0.05, 0.1) is 19.6 Å². The average Bonchev–Trinajstić information content (AvgIpc) is 3.01. The zero-order valence-electron chi connectivity index (χ0n) is 30.3. The molecule has 3 N–H and O–H groups in total. The third-order valence-corrected chi connectivity index (χ3v) is 8.65. The van der Waals surface area contributed by atoms with Crippen LogP contribution in [0.15, 0.2) is 0 Å². The Balaban J connectivity index is 0.000000922. The molecule has 2 saturated heterocycles. The van der Waals surface area contributed by atoms with Crippen LogP contribution in [0, 0.1) is 0 Å². The Bertz CT molecular complexity index is 875. The van der Waals surface area contributed by atoms with Crippen LogP contribution in [0.2, 0.25) is 0 Å². The number of nitrogens with zero attached hydrogens (tertiary/aromatic N) is 8. The summed E-state index contributed by atoms with van der Waals surface area (Å²) < 4.78 is 4.91. The standard InChI is InChI=1S/2C16H32N4O4.Cu/c1-17-6-4-8-20(14-24-15-21)12-10-18(2)5-3-7-19(11-9-17)13-16(22)23;1-17-5-3-7-20(14-16(23)24)12-10-18(2)6-4-8-19(11-9-17)13-15(21)22;/h15H,3-14H2,1-2H3,(H,22,23);3-14H2,1-2H3,(H,21,22)(H,23,24);. The van der Waals surface area contributed by atoms with Crippen molar-refractivity contribution in [2.45, 2.75) is 25.7 Å². The van der Waals surface area contributed by atoms with Gasteiger partial charge in [0.1, 0.15) is 6.73 Å². The van der Waals surface area contributed by atoms with Gasteiger partial charge in [-0.1, -0.05) is 0 Å². The maximum absolute atomic E-state index is 11.0. The molecule has 0 aromatic heterocycles. The molecule has 49 heavy (non-hydrogen) atoms. The summed E-state index contributed by atoms with van der Waals surface area (Å²) in [4.78, 5) is 60.4. The molecule has 16 nitrogen and oxygen atoms in total. The van der Waals surface area contributed by atoms with Crippen molar-refractivity contribution in [2.24, 2.45) is 0 Å². The molecular weight excluding hydrogens is 688 g/mol. The van der Waals surface area contributed by atoms with E-state index >= 15 is 0 Å². The van der Waals surface area contributed by atoms with Crippen molar-refractivity contribution >= 4 is 24.4 Å². The number of carboxylic acids is 3. The molecule has 2 fully saturated rings.